The maximum Gasteiger partial charge on any atom is 0.416 e. The van der Waals surface area contributed by atoms with E-state index < -0.39 is 17.6 Å². The number of alkyl halides is 3. The molecule has 108 valence electrons. The standard InChI is InChI=1S/C12H11F3N2O2S/c13-12(14,15)8-2-1-3-9(6-8)19-7-10(18)17-11-16-4-5-20-11/h1-3,6H,4-5,7H2,(H,16,17,18). The number of carbonyl (C=O) groups is 1. The second kappa shape index (κ2) is 6.17. The molecule has 0 radical (unpaired) electrons. The molecule has 0 aromatic heterocycles. The van der Waals surface area contributed by atoms with Crippen LogP contribution in [0, 0.1) is 0 Å². The molecule has 1 amide bonds. The van der Waals surface area contributed by atoms with Gasteiger partial charge in [-0.05, 0) is 18.2 Å². The molecule has 0 atom stereocenters. The zero-order valence-corrected chi connectivity index (χ0v) is 11.1. The number of hydrogen-bond donors (Lipinski definition) is 1. The monoisotopic (exact) mass is 304 g/mol. The van der Waals surface area contributed by atoms with Gasteiger partial charge in [-0.2, -0.15) is 13.2 Å². The smallest absolute Gasteiger partial charge is 0.416 e. The van der Waals surface area contributed by atoms with Crippen molar-refractivity contribution >= 4 is 22.8 Å². The van der Waals surface area contributed by atoms with Crippen molar-refractivity contribution < 1.29 is 22.7 Å². The highest BCUT2D eigenvalue weighted by molar-refractivity contribution is 8.14. The highest BCUT2D eigenvalue weighted by atomic mass is 32.2. The lowest BCUT2D eigenvalue weighted by Gasteiger charge is -2.10. The number of halogens is 3. The Bertz CT molecular complexity index is 532. The van der Waals surface area contributed by atoms with E-state index in [1.54, 1.807) is 0 Å². The molecule has 0 bridgehead atoms. The first-order valence-electron chi connectivity index (χ1n) is 5.72. The van der Waals surface area contributed by atoms with Crippen LogP contribution in [0.5, 0.6) is 5.75 Å². The fraction of sp³-hybridized carbons (Fsp3) is 0.333. The molecule has 0 aliphatic carbocycles. The number of rotatable bonds is 3. The van der Waals surface area contributed by atoms with Gasteiger partial charge in [0.1, 0.15) is 5.75 Å². The number of hydrogen-bond acceptors (Lipinski definition) is 4. The van der Waals surface area contributed by atoms with Crippen molar-refractivity contribution in [2.24, 2.45) is 4.99 Å². The number of amidine groups is 1. The Kier molecular flexibility index (Phi) is 4.53. The van der Waals surface area contributed by atoms with Gasteiger partial charge in [-0.15, -0.1) is 0 Å². The molecule has 1 aromatic rings. The van der Waals surface area contributed by atoms with Gasteiger partial charge in [-0.25, -0.2) is 0 Å². The van der Waals surface area contributed by atoms with E-state index in [4.69, 9.17) is 4.74 Å². The molecule has 1 aliphatic rings. The quantitative estimate of drug-likeness (QED) is 0.932. The summed E-state index contributed by atoms with van der Waals surface area (Å²) in [5, 5.41) is 3.04. The number of benzene rings is 1. The van der Waals surface area contributed by atoms with Gasteiger partial charge in [-0.3, -0.25) is 9.79 Å². The first-order chi connectivity index (χ1) is 9.45. The van der Waals surface area contributed by atoms with Crippen LogP contribution in [-0.4, -0.2) is 30.0 Å². The van der Waals surface area contributed by atoms with E-state index in [0.29, 0.717) is 11.7 Å². The molecule has 20 heavy (non-hydrogen) atoms. The SMILES string of the molecule is O=C(COc1cccc(C(F)(F)F)c1)NC1=NCCS1. The summed E-state index contributed by atoms with van der Waals surface area (Å²) in [4.78, 5) is 15.5. The highest BCUT2D eigenvalue weighted by Crippen LogP contribution is 2.31. The van der Waals surface area contributed by atoms with Crippen molar-refractivity contribution in [2.75, 3.05) is 18.9 Å². The van der Waals surface area contributed by atoms with Crippen molar-refractivity contribution in [1.82, 2.24) is 5.32 Å². The van der Waals surface area contributed by atoms with Crippen LogP contribution in [0.3, 0.4) is 0 Å². The third-order valence-corrected chi connectivity index (χ3v) is 3.25. The fourth-order valence-corrected chi connectivity index (χ4v) is 2.22. The fourth-order valence-electron chi connectivity index (χ4n) is 1.48. The minimum Gasteiger partial charge on any atom is -0.484 e. The molecule has 8 heteroatoms. The molecule has 0 fully saturated rings. The van der Waals surface area contributed by atoms with Crippen LogP contribution in [-0.2, 0) is 11.0 Å². The van der Waals surface area contributed by atoms with Crippen LogP contribution < -0.4 is 10.1 Å². The van der Waals surface area contributed by atoms with Crippen molar-refractivity contribution in [2.45, 2.75) is 6.18 Å². The van der Waals surface area contributed by atoms with E-state index >= 15 is 0 Å². The Morgan fingerprint density at radius 3 is 2.90 bits per heavy atom. The predicted molar refractivity (Wildman–Crippen MR) is 69.8 cm³/mol. The molecule has 1 aliphatic heterocycles. The molecule has 4 nitrogen and oxygen atoms in total. The Morgan fingerprint density at radius 1 is 1.45 bits per heavy atom. The van der Waals surface area contributed by atoms with Crippen LogP contribution in [0.2, 0.25) is 0 Å². The van der Waals surface area contributed by atoms with Crippen molar-refractivity contribution in [3.8, 4) is 5.75 Å². The predicted octanol–water partition coefficient (Wildman–Crippen LogP) is 2.30. The van der Waals surface area contributed by atoms with E-state index in [1.807, 2.05) is 0 Å². The second-order valence-electron chi connectivity index (χ2n) is 3.90. The largest absolute Gasteiger partial charge is 0.484 e. The number of thioether (sulfide) groups is 1. The topological polar surface area (TPSA) is 50.7 Å². The maximum atomic E-state index is 12.5. The summed E-state index contributed by atoms with van der Waals surface area (Å²) < 4.78 is 42.5. The van der Waals surface area contributed by atoms with Crippen molar-refractivity contribution in [1.29, 1.82) is 0 Å². The number of amides is 1. The zero-order valence-electron chi connectivity index (χ0n) is 10.2. The van der Waals surface area contributed by atoms with Gasteiger partial charge < -0.3 is 10.1 Å². The van der Waals surface area contributed by atoms with Gasteiger partial charge in [0.2, 0.25) is 0 Å². The van der Waals surface area contributed by atoms with Gasteiger partial charge in [0.15, 0.2) is 11.8 Å². The van der Waals surface area contributed by atoms with Gasteiger partial charge in [0.25, 0.3) is 5.91 Å². The van der Waals surface area contributed by atoms with E-state index in [0.717, 1.165) is 17.9 Å². The Morgan fingerprint density at radius 2 is 2.25 bits per heavy atom. The van der Waals surface area contributed by atoms with Crippen LogP contribution >= 0.6 is 11.8 Å². The van der Waals surface area contributed by atoms with E-state index in [2.05, 4.69) is 10.3 Å². The van der Waals surface area contributed by atoms with Gasteiger partial charge >= 0.3 is 6.18 Å². The van der Waals surface area contributed by atoms with Crippen LogP contribution in [0.1, 0.15) is 5.56 Å². The molecule has 1 N–H and O–H groups in total. The summed E-state index contributed by atoms with van der Waals surface area (Å²) in [6.45, 7) is 0.287. The maximum absolute atomic E-state index is 12.5. The second-order valence-corrected chi connectivity index (χ2v) is 4.98. The molecular weight excluding hydrogens is 293 g/mol. The first-order valence-corrected chi connectivity index (χ1v) is 6.71. The van der Waals surface area contributed by atoms with Crippen LogP contribution in [0.4, 0.5) is 13.2 Å². The zero-order chi connectivity index (χ0) is 14.6. The van der Waals surface area contributed by atoms with Crippen molar-refractivity contribution in [3.05, 3.63) is 29.8 Å². The van der Waals surface area contributed by atoms with E-state index in [-0.39, 0.29) is 12.4 Å². The van der Waals surface area contributed by atoms with E-state index in [9.17, 15) is 18.0 Å². The first kappa shape index (κ1) is 14.7. The summed E-state index contributed by atoms with van der Waals surface area (Å²) >= 11 is 1.41. The Hall–Kier alpha value is -1.70. The lowest BCUT2D eigenvalue weighted by Crippen LogP contribution is -2.32. The Balaban J connectivity index is 1.89. The van der Waals surface area contributed by atoms with Gasteiger partial charge in [-0.1, -0.05) is 17.8 Å². The molecule has 1 heterocycles. The third-order valence-electron chi connectivity index (χ3n) is 2.36. The molecule has 2 rings (SSSR count). The minimum atomic E-state index is -4.43. The molecule has 0 saturated heterocycles. The molecule has 1 aromatic carbocycles. The summed E-state index contributed by atoms with van der Waals surface area (Å²) in [6.07, 6.45) is -4.43. The highest BCUT2D eigenvalue weighted by Gasteiger charge is 2.30. The average molecular weight is 304 g/mol. The number of aliphatic imine (C=N–C) groups is 1. The van der Waals surface area contributed by atoms with Gasteiger partial charge in [0, 0.05) is 5.75 Å². The molecular formula is C12H11F3N2O2S. The number of ether oxygens (including phenoxy) is 1. The van der Waals surface area contributed by atoms with Crippen LogP contribution in [0.15, 0.2) is 29.3 Å². The number of nitrogens with zero attached hydrogens (tertiary/aromatic N) is 1. The lowest BCUT2D eigenvalue weighted by molar-refractivity contribution is -0.137. The van der Waals surface area contributed by atoms with Gasteiger partial charge in [0.05, 0.1) is 12.1 Å². The molecule has 0 unspecified atom stereocenters. The summed E-state index contributed by atoms with van der Waals surface area (Å²) in [5.41, 5.74) is -0.814. The molecule has 0 saturated carbocycles. The lowest BCUT2D eigenvalue weighted by atomic mass is 10.2. The minimum absolute atomic E-state index is 0.00371. The third kappa shape index (κ3) is 4.16. The summed E-state index contributed by atoms with van der Waals surface area (Å²) in [6, 6.07) is 4.39. The normalized spacial score (nSPS) is 14.8. The summed E-state index contributed by atoms with van der Waals surface area (Å²) in [5.74, 6) is 0.357. The number of nitrogens with one attached hydrogen (secondary N) is 1. The van der Waals surface area contributed by atoms with Crippen molar-refractivity contribution in [3.63, 3.8) is 0 Å². The van der Waals surface area contributed by atoms with E-state index in [1.165, 1.54) is 23.9 Å². The molecule has 0 spiro atoms. The number of carbonyl (C=O) groups excluding carboxylic acids is 1. The summed E-state index contributed by atoms with van der Waals surface area (Å²) in [7, 11) is 0. The van der Waals surface area contributed by atoms with Crippen LogP contribution in [0.25, 0.3) is 0 Å². The Labute approximate surface area is 117 Å². The average Bonchev–Trinajstić information content (AvgIpc) is 2.88.